The van der Waals surface area contributed by atoms with Crippen molar-refractivity contribution in [3.05, 3.63) is 77.1 Å². The molecule has 3 rings (SSSR count). The molecule has 1 aliphatic rings. The molecule has 0 unspecified atom stereocenters. The van der Waals surface area contributed by atoms with Gasteiger partial charge in [-0.05, 0) is 29.3 Å². The molecule has 9 heteroatoms. The largest absolute Gasteiger partial charge is 0.442 e. The Morgan fingerprint density at radius 2 is 1.85 bits per heavy atom. The quantitative estimate of drug-likeness (QED) is 0.478. The van der Waals surface area contributed by atoms with Crippen molar-refractivity contribution in [2.75, 3.05) is 31.1 Å². The molecule has 0 aliphatic carbocycles. The van der Waals surface area contributed by atoms with Crippen LogP contribution in [-0.4, -0.2) is 49.2 Å². The van der Waals surface area contributed by atoms with Gasteiger partial charge in [-0.15, -0.1) is 0 Å². The summed E-state index contributed by atoms with van der Waals surface area (Å²) in [4.78, 5) is 26.8. The standard InChI is InChI=1S/C25H26Cl2FN3O3/c1-18(32)29-15-22-17-31(25(33)34-22)21-8-9-23(24(28)14-21)20-6-4-19(5-7-20)16-30(12-2-10-26)13-3-11-27/h2-11,14,22H,12-13,15-17H2,1H3,(H,29,32)/b10-2+,11-3+/t22-/m0/s1. The summed E-state index contributed by atoms with van der Waals surface area (Å²) in [6.45, 7) is 3.87. The molecule has 1 saturated heterocycles. The van der Waals surface area contributed by atoms with Crippen LogP contribution in [0.15, 0.2) is 65.7 Å². The third kappa shape index (κ3) is 7.06. The molecule has 0 saturated carbocycles. The first-order valence-corrected chi connectivity index (χ1v) is 11.6. The molecule has 0 bridgehead atoms. The van der Waals surface area contributed by atoms with E-state index in [1.807, 2.05) is 36.4 Å². The third-order valence-corrected chi connectivity index (χ3v) is 5.65. The lowest BCUT2D eigenvalue weighted by molar-refractivity contribution is -0.119. The molecule has 1 heterocycles. The summed E-state index contributed by atoms with van der Waals surface area (Å²) in [5.74, 6) is -0.646. The van der Waals surface area contributed by atoms with Crippen LogP contribution in [0.3, 0.4) is 0 Å². The molecule has 6 nitrogen and oxygen atoms in total. The summed E-state index contributed by atoms with van der Waals surface area (Å²) in [7, 11) is 0. The van der Waals surface area contributed by atoms with E-state index in [4.69, 9.17) is 27.9 Å². The first kappa shape index (κ1) is 25.7. The van der Waals surface area contributed by atoms with Gasteiger partial charge >= 0.3 is 6.09 Å². The smallest absolute Gasteiger partial charge is 0.414 e. The van der Waals surface area contributed by atoms with Crippen LogP contribution in [0, 0.1) is 5.82 Å². The number of amides is 2. The molecule has 0 radical (unpaired) electrons. The van der Waals surface area contributed by atoms with E-state index in [2.05, 4.69) is 10.2 Å². The number of cyclic esters (lactones) is 1. The maximum atomic E-state index is 15.0. The minimum absolute atomic E-state index is 0.206. The first-order valence-electron chi connectivity index (χ1n) is 10.8. The van der Waals surface area contributed by atoms with Gasteiger partial charge in [0.1, 0.15) is 11.9 Å². The summed E-state index contributed by atoms with van der Waals surface area (Å²) in [6, 6.07) is 12.3. The van der Waals surface area contributed by atoms with Gasteiger partial charge in [0.05, 0.1) is 18.8 Å². The van der Waals surface area contributed by atoms with Gasteiger partial charge in [0, 0.05) is 43.2 Å². The molecule has 0 aromatic heterocycles. The normalized spacial score (nSPS) is 16.1. The summed E-state index contributed by atoms with van der Waals surface area (Å²) in [6.07, 6.45) is 2.66. The molecule has 2 aromatic carbocycles. The minimum atomic E-state index is -0.565. The van der Waals surface area contributed by atoms with Crippen LogP contribution in [0.5, 0.6) is 0 Å². The highest BCUT2D eigenvalue weighted by Crippen LogP contribution is 2.29. The number of nitrogens with one attached hydrogen (secondary N) is 1. The van der Waals surface area contributed by atoms with Crippen LogP contribution < -0.4 is 10.2 Å². The molecule has 1 aliphatic heterocycles. The fraction of sp³-hybridized carbons (Fsp3) is 0.280. The van der Waals surface area contributed by atoms with Crippen molar-refractivity contribution >= 4 is 40.9 Å². The molecular weight excluding hydrogens is 480 g/mol. The Balaban J connectivity index is 1.68. The van der Waals surface area contributed by atoms with E-state index in [-0.39, 0.29) is 19.0 Å². The molecule has 180 valence electrons. The summed E-state index contributed by atoms with van der Waals surface area (Å²) in [5, 5.41) is 2.62. The van der Waals surface area contributed by atoms with Crippen LogP contribution in [0.1, 0.15) is 12.5 Å². The topological polar surface area (TPSA) is 61.9 Å². The van der Waals surface area contributed by atoms with Gasteiger partial charge in [-0.2, -0.15) is 0 Å². The SMILES string of the molecule is CC(=O)NC[C@H]1CN(c2ccc(-c3ccc(CN(C/C=C/Cl)C/C=C/Cl)cc3)c(F)c2)C(=O)O1. The fourth-order valence-corrected chi connectivity index (χ4v) is 3.79. The van der Waals surface area contributed by atoms with E-state index in [0.29, 0.717) is 30.9 Å². The van der Waals surface area contributed by atoms with Gasteiger partial charge in [-0.1, -0.05) is 59.6 Å². The van der Waals surface area contributed by atoms with Gasteiger partial charge in [0.25, 0.3) is 0 Å². The van der Waals surface area contributed by atoms with Crippen molar-refractivity contribution < 1.29 is 18.7 Å². The first-order chi connectivity index (χ1) is 16.4. The van der Waals surface area contributed by atoms with Gasteiger partial charge in [0.2, 0.25) is 5.91 Å². The number of rotatable bonds is 10. The highest BCUT2D eigenvalue weighted by Gasteiger charge is 2.32. The van der Waals surface area contributed by atoms with Crippen molar-refractivity contribution in [1.82, 2.24) is 10.2 Å². The number of ether oxygens (including phenoxy) is 1. The second-order valence-corrected chi connectivity index (χ2v) is 8.34. The van der Waals surface area contributed by atoms with Crippen molar-refractivity contribution in [1.29, 1.82) is 0 Å². The molecule has 0 spiro atoms. The van der Waals surface area contributed by atoms with Gasteiger partial charge in [-0.3, -0.25) is 14.6 Å². The van der Waals surface area contributed by atoms with Gasteiger partial charge in [-0.25, -0.2) is 9.18 Å². The average molecular weight is 506 g/mol. The Morgan fingerprint density at radius 3 is 2.44 bits per heavy atom. The summed E-state index contributed by atoms with van der Waals surface area (Å²) >= 11 is 11.3. The number of halogens is 3. The zero-order valence-corrected chi connectivity index (χ0v) is 20.2. The van der Waals surface area contributed by atoms with Crippen LogP contribution in [0.25, 0.3) is 11.1 Å². The fourth-order valence-electron chi connectivity index (χ4n) is 3.63. The lowest BCUT2D eigenvalue weighted by Crippen LogP contribution is -2.33. The second-order valence-electron chi connectivity index (χ2n) is 7.83. The summed E-state index contributed by atoms with van der Waals surface area (Å²) in [5.41, 5.74) is 5.61. The molecule has 1 N–H and O–H groups in total. The molecule has 1 fully saturated rings. The molecule has 34 heavy (non-hydrogen) atoms. The number of hydrogen-bond acceptors (Lipinski definition) is 4. The van der Waals surface area contributed by atoms with E-state index >= 15 is 0 Å². The molecule has 2 aromatic rings. The number of hydrogen-bond donors (Lipinski definition) is 1. The Kier molecular flexibility index (Phi) is 9.51. The maximum Gasteiger partial charge on any atom is 0.414 e. The predicted molar refractivity (Wildman–Crippen MR) is 133 cm³/mol. The number of benzene rings is 2. The van der Waals surface area contributed by atoms with E-state index in [1.165, 1.54) is 29.0 Å². The Labute approximate surface area is 208 Å². The van der Waals surface area contributed by atoms with Crippen LogP contribution in [0.2, 0.25) is 0 Å². The maximum absolute atomic E-state index is 15.0. The van der Waals surface area contributed by atoms with Crippen LogP contribution in [-0.2, 0) is 16.1 Å². The Hall–Kier alpha value is -2.87. The van der Waals surface area contributed by atoms with Crippen molar-refractivity contribution in [3.63, 3.8) is 0 Å². The zero-order valence-electron chi connectivity index (χ0n) is 18.7. The second kappa shape index (κ2) is 12.6. The number of nitrogens with zero attached hydrogens (tertiary/aromatic N) is 2. The lowest BCUT2D eigenvalue weighted by Gasteiger charge is -2.19. The van der Waals surface area contributed by atoms with Crippen molar-refractivity contribution in [2.45, 2.75) is 19.6 Å². The van der Waals surface area contributed by atoms with Gasteiger partial charge in [0.15, 0.2) is 0 Å². The highest BCUT2D eigenvalue weighted by molar-refractivity contribution is 6.25. The third-order valence-electron chi connectivity index (χ3n) is 5.29. The van der Waals surface area contributed by atoms with Crippen molar-refractivity contribution in [3.8, 4) is 11.1 Å². The Morgan fingerprint density at radius 1 is 1.18 bits per heavy atom. The monoisotopic (exact) mass is 505 g/mol. The van der Waals surface area contributed by atoms with E-state index in [1.54, 1.807) is 12.1 Å². The zero-order chi connectivity index (χ0) is 24.5. The van der Waals surface area contributed by atoms with Crippen molar-refractivity contribution in [2.24, 2.45) is 0 Å². The van der Waals surface area contributed by atoms with Gasteiger partial charge < -0.3 is 10.1 Å². The van der Waals surface area contributed by atoms with E-state index in [0.717, 1.165) is 11.1 Å². The van der Waals surface area contributed by atoms with Crippen LogP contribution >= 0.6 is 23.2 Å². The molecular formula is C25H26Cl2FN3O3. The molecule has 1 atom stereocenters. The van der Waals surface area contributed by atoms with E-state index < -0.39 is 18.0 Å². The average Bonchev–Trinajstić information content (AvgIpc) is 3.20. The predicted octanol–water partition coefficient (Wildman–Crippen LogP) is 5.26. The number of anilines is 1. The summed E-state index contributed by atoms with van der Waals surface area (Å²) < 4.78 is 20.2. The van der Waals surface area contributed by atoms with Crippen LogP contribution in [0.4, 0.5) is 14.9 Å². The Bertz CT molecular complexity index is 1050. The lowest BCUT2D eigenvalue weighted by atomic mass is 10.0. The minimum Gasteiger partial charge on any atom is -0.442 e. The highest BCUT2D eigenvalue weighted by atomic mass is 35.5. The number of carbonyl (C=O) groups is 2. The van der Waals surface area contributed by atoms with E-state index in [9.17, 15) is 14.0 Å². The molecule has 2 amide bonds. The number of carbonyl (C=O) groups excluding carboxylic acids is 2.